The van der Waals surface area contributed by atoms with Gasteiger partial charge in [0.1, 0.15) is 0 Å². The minimum Gasteiger partial charge on any atom is -0.394 e. The van der Waals surface area contributed by atoms with E-state index in [0.29, 0.717) is 18.9 Å². The van der Waals surface area contributed by atoms with E-state index in [-0.39, 0.29) is 17.1 Å². The summed E-state index contributed by atoms with van der Waals surface area (Å²) in [6.45, 7) is 2.21. The third-order valence-electron chi connectivity index (χ3n) is 4.95. The maximum Gasteiger partial charge on any atom is 0.251 e. The second-order valence-electron chi connectivity index (χ2n) is 7.31. The number of aliphatic hydroxyl groups is 1. The van der Waals surface area contributed by atoms with Crippen molar-refractivity contribution in [3.05, 3.63) is 65.2 Å². The third kappa shape index (κ3) is 5.41. The van der Waals surface area contributed by atoms with E-state index in [9.17, 15) is 18.3 Å². The molecule has 3 rings (SSSR count). The molecule has 1 aliphatic carbocycles. The molecule has 2 aromatic rings. The van der Waals surface area contributed by atoms with Crippen LogP contribution in [0.2, 0.25) is 0 Å². The molecule has 1 fully saturated rings. The number of carbonyl (C=O) groups is 1. The van der Waals surface area contributed by atoms with Gasteiger partial charge in [0.15, 0.2) is 0 Å². The van der Waals surface area contributed by atoms with E-state index in [2.05, 4.69) is 10.0 Å². The molecule has 7 heteroatoms. The minimum atomic E-state index is -3.64. The zero-order valence-corrected chi connectivity index (χ0v) is 16.7. The maximum absolute atomic E-state index is 12.6. The second-order valence-corrected chi connectivity index (χ2v) is 9.07. The van der Waals surface area contributed by atoms with Crippen LogP contribution in [0.4, 0.5) is 0 Å². The monoisotopic (exact) mass is 402 g/mol. The lowest BCUT2D eigenvalue weighted by atomic mass is 10.0. The van der Waals surface area contributed by atoms with Gasteiger partial charge in [0, 0.05) is 12.1 Å². The molecule has 28 heavy (non-hydrogen) atoms. The molecule has 1 aliphatic rings. The molecule has 6 nitrogen and oxygen atoms in total. The molecule has 0 aromatic heterocycles. The van der Waals surface area contributed by atoms with Crippen LogP contribution in [0.1, 0.15) is 34.3 Å². The lowest BCUT2D eigenvalue weighted by molar-refractivity contribution is 0.0916. The molecule has 0 spiro atoms. The van der Waals surface area contributed by atoms with Gasteiger partial charge in [-0.15, -0.1) is 0 Å². The minimum absolute atomic E-state index is 0.0697. The number of sulfonamides is 1. The van der Waals surface area contributed by atoms with Gasteiger partial charge in [-0.3, -0.25) is 4.79 Å². The Morgan fingerprint density at radius 3 is 2.61 bits per heavy atom. The quantitative estimate of drug-likeness (QED) is 0.598. The van der Waals surface area contributed by atoms with Crippen LogP contribution in [0.5, 0.6) is 0 Å². The summed E-state index contributed by atoms with van der Waals surface area (Å²) in [5.74, 6) is 0.0138. The fourth-order valence-electron chi connectivity index (χ4n) is 2.97. The average molecular weight is 403 g/mol. The van der Waals surface area contributed by atoms with Gasteiger partial charge >= 0.3 is 0 Å². The molecule has 0 aliphatic heterocycles. The number of nitrogens with one attached hydrogen (secondary N) is 2. The first-order chi connectivity index (χ1) is 13.4. The van der Waals surface area contributed by atoms with Gasteiger partial charge in [-0.25, -0.2) is 13.1 Å². The Kier molecular flexibility index (Phi) is 6.49. The molecule has 3 N–H and O–H groups in total. The van der Waals surface area contributed by atoms with Crippen molar-refractivity contribution in [1.82, 2.24) is 10.0 Å². The number of aliphatic hydroxyl groups excluding tert-OH is 1. The highest BCUT2D eigenvalue weighted by Crippen LogP contribution is 2.28. The number of amides is 1. The zero-order valence-electron chi connectivity index (χ0n) is 15.9. The summed E-state index contributed by atoms with van der Waals surface area (Å²) < 4.78 is 27.4. The Bertz CT molecular complexity index is 939. The van der Waals surface area contributed by atoms with E-state index in [1.54, 1.807) is 12.1 Å². The molecule has 0 saturated heterocycles. The molecule has 1 atom stereocenters. The smallest absolute Gasteiger partial charge is 0.251 e. The van der Waals surface area contributed by atoms with Crippen LogP contribution < -0.4 is 10.0 Å². The van der Waals surface area contributed by atoms with Gasteiger partial charge in [-0.2, -0.15) is 0 Å². The lowest BCUT2D eigenvalue weighted by Crippen LogP contribution is -2.39. The third-order valence-corrected chi connectivity index (χ3v) is 6.37. The fourth-order valence-corrected chi connectivity index (χ4v) is 4.13. The van der Waals surface area contributed by atoms with Crippen LogP contribution >= 0.6 is 0 Å². The first-order valence-corrected chi connectivity index (χ1v) is 10.9. The number of hydrogen-bond acceptors (Lipinski definition) is 4. The van der Waals surface area contributed by atoms with Gasteiger partial charge in [-0.05, 0) is 61.4 Å². The van der Waals surface area contributed by atoms with E-state index in [4.69, 9.17) is 0 Å². The molecular formula is C21H26N2O4S. The Hall–Kier alpha value is -2.22. The highest BCUT2D eigenvalue weighted by Gasteiger charge is 2.25. The lowest BCUT2D eigenvalue weighted by Gasteiger charge is -2.18. The number of carbonyl (C=O) groups excluding carboxylic acids is 1. The number of aryl methyl sites for hydroxylation is 1. The van der Waals surface area contributed by atoms with Crippen molar-refractivity contribution < 1.29 is 18.3 Å². The van der Waals surface area contributed by atoms with Crippen molar-refractivity contribution in [2.75, 3.05) is 13.2 Å². The normalized spacial score (nSPS) is 15.2. The van der Waals surface area contributed by atoms with E-state index in [0.717, 1.165) is 24.0 Å². The summed E-state index contributed by atoms with van der Waals surface area (Å²) in [6, 6.07) is 13.3. The van der Waals surface area contributed by atoms with Crippen LogP contribution in [0.15, 0.2) is 53.4 Å². The summed E-state index contributed by atoms with van der Waals surface area (Å²) in [5.41, 5.74) is 2.38. The number of hydrogen-bond donors (Lipinski definition) is 3. The van der Waals surface area contributed by atoms with Gasteiger partial charge in [0.25, 0.3) is 5.91 Å². The van der Waals surface area contributed by atoms with Crippen LogP contribution in [-0.2, 0) is 16.4 Å². The molecule has 1 amide bonds. The summed E-state index contributed by atoms with van der Waals surface area (Å²) in [5, 5.41) is 12.5. The first-order valence-electron chi connectivity index (χ1n) is 9.45. The molecule has 2 aromatic carbocycles. The molecule has 1 saturated carbocycles. The molecule has 150 valence electrons. The van der Waals surface area contributed by atoms with Crippen molar-refractivity contribution in [1.29, 1.82) is 0 Å². The highest BCUT2D eigenvalue weighted by molar-refractivity contribution is 7.89. The fraction of sp³-hybridized carbons (Fsp3) is 0.381. The van der Waals surface area contributed by atoms with Crippen molar-refractivity contribution in [3.63, 3.8) is 0 Å². The van der Waals surface area contributed by atoms with Crippen LogP contribution in [-0.4, -0.2) is 38.6 Å². The average Bonchev–Trinajstić information content (AvgIpc) is 3.52. The van der Waals surface area contributed by atoms with E-state index >= 15 is 0 Å². The van der Waals surface area contributed by atoms with Crippen molar-refractivity contribution in [2.45, 2.75) is 37.1 Å². The van der Waals surface area contributed by atoms with Crippen LogP contribution in [0.25, 0.3) is 0 Å². The van der Waals surface area contributed by atoms with Gasteiger partial charge in [-0.1, -0.05) is 30.3 Å². The summed E-state index contributed by atoms with van der Waals surface area (Å²) in [7, 11) is -3.64. The van der Waals surface area contributed by atoms with Crippen molar-refractivity contribution in [2.24, 2.45) is 5.92 Å². The number of rotatable bonds is 9. The highest BCUT2D eigenvalue weighted by atomic mass is 32.2. The molecule has 0 bridgehead atoms. The van der Waals surface area contributed by atoms with Crippen molar-refractivity contribution in [3.8, 4) is 0 Å². The van der Waals surface area contributed by atoms with E-state index in [1.807, 2.05) is 31.2 Å². The Morgan fingerprint density at radius 2 is 1.93 bits per heavy atom. The summed E-state index contributed by atoms with van der Waals surface area (Å²) in [6.07, 6.45) is 2.60. The summed E-state index contributed by atoms with van der Waals surface area (Å²) >= 11 is 0. The summed E-state index contributed by atoms with van der Waals surface area (Å²) in [4.78, 5) is 12.7. The first kappa shape index (κ1) is 20.5. The van der Waals surface area contributed by atoms with Crippen LogP contribution in [0, 0.1) is 12.8 Å². The SMILES string of the molecule is Cc1ccccc1C[C@H](CO)NC(=O)c1cccc(S(=O)(=O)NCC2CC2)c1. The topological polar surface area (TPSA) is 95.5 Å². The zero-order chi connectivity index (χ0) is 20.1. The predicted molar refractivity (Wildman–Crippen MR) is 108 cm³/mol. The molecule has 0 unspecified atom stereocenters. The Labute approximate surface area is 166 Å². The van der Waals surface area contributed by atoms with Gasteiger partial charge < -0.3 is 10.4 Å². The van der Waals surface area contributed by atoms with Gasteiger partial charge in [0.2, 0.25) is 10.0 Å². The molecule has 0 heterocycles. The molecule has 0 radical (unpaired) electrons. The Morgan fingerprint density at radius 1 is 1.18 bits per heavy atom. The van der Waals surface area contributed by atoms with E-state index in [1.165, 1.54) is 12.1 Å². The largest absolute Gasteiger partial charge is 0.394 e. The Balaban J connectivity index is 1.68. The second kappa shape index (κ2) is 8.86. The van der Waals surface area contributed by atoms with E-state index < -0.39 is 22.0 Å². The number of benzene rings is 2. The standard InChI is InChI=1S/C21H26N2O4S/c1-15-5-2-3-6-17(15)11-19(14-24)23-21(25)18-7-4-8-20(12-18)28(26,27)22-13-16-9-10-16/h2-8,12,16,19,22,24H,9-11,13-14H2,1H3,(H,23,25)/t19-/m1/s1. The van der Waals surface area contributed by atoms with Gasteiger partial charge in [0.05, 0.1) is 17.5 Å². The maximum atomic E-state index is 12.6. The van der Waals surface area contributed by atoms with Crippen LogP contribution in [0.3, 0.4) is 0 Å². The predicted octanol–water partition coefficient (Wildman–Crippen LogP) is 2.02. The molecular weight excluding hydrogens is 376 g/mol. The van der Waals surface area contributed by atoms with Crippen molar-refractivity contribution >= 4 is 15.9 Å².